The number of carbonyl (C=O) groups excluding carboxylic acids is 1. The summed E-state index contributed by atoms with van der Waals surface area (Å²) in [6, 6.07) is 12.0. The lowest BCUT2D eigenvalue weighted by atomic mass is 9.85. The summed E-state index contributed by atoms with van der Waals surface area (Å²) >= 11 is 5.86. The van der Waals surface area contributed by atoms with Crippen molar-refractivity contribution >= 4 is 33.9 Å². The lowest BCUT2D eigenvalue weighted by Crippen LogP contribution is -2.56. The second kappa shape index (κ2) is 13.6. The number of amides is 1. The molecule has 2 aliphatic heterocycles. The first-order valence-electron chi connectivity index (χ1n) is 15.2. The lowest BCUT2D eigenvalue weighted by Gasteiger charge is -2.40. The molecule has 238 valence electrons. The van der Waals surface area contributed by atoms with Gasteiger partial charge >= 0.3 is 0 Å². The van der Waals surface area contributed by atoms with Gasteiger partial charge in [0, 0.05) is 64.3 Å². The number of aromatic nitrogens is 1. The monoisotopic (exact) mass is 655 g/mol. The number of carbonyl (C=O) groups is 1. The van der Waals surface area contributed by atoms with Crippen molar-refractivity contribution in [2.75, 3.05) is 25.2 Å². The van der Waals surface area contributed by atoms with Crippen molar-refractivity contribution < 1.29 is 27.3 Å². The molecule has 1 aliphatic carbocycles. The number of nitrogens with zero attached hydrogens (tertiary/aromatic N) is 2. The largest absolute Gasteiger partial charge is 0.489 e. The van der Waals surface area contributed by atoms with Gasteiger partial charge in [0.1, 0.15) is 10.8 Å². The normalized spacial score (nSPS) is 21.0. The fraction of sp³-hybridized carbons (Fsp3) is 0.412. The van der Waals surface area contributed by atoms with E-state index in [0.29, 0.717) is 48.8 Å². The minimum atomic E-state index is -0.995. The van der Waals surface area contributed by atoms with Crippen molar-refractivity contribution in [2.45, 2.75) is 63.7 Å². The van der Waals surface area contributed by atoms with Crippen LogP contribution in [0.15, 0.2) is 54.2 Å². The van der Waals surface area contributed by atoms with Crippen LogP contribution in [0.2, 0.25) is 5.02 Å². The van der Waals surface area contributed by atoms with E-state index >= 15 is 0 Å². The Labute approximate surface area is 269 Å². The molecule has 0 spiro atoms. The van der Waals surface area contributed by atoms with E-state index in [4.69, 9.17) is 21.1 Å². The van der Waals surface area contributed by atoms with Gasteiger partial charge in [0.15, 0.2) is 11.6 Å². The third kappa shape index (κ3) is 6.93. The number of aryl methyl sites for hydroxylation is 1. The van der Waals surface area contributed by atoms with Crippen LogP contribution in [0.25, 0.3) is 5.57 Å². The van der Waals surface area contributed by atoms with Crippen molar-refractivity contribution in [3.63, 3.8) is 0 Å². The molecule has 1 unspecified atom stereocenters. The van der Waals surface area contributed by atoms with Crippen molar-refractivity contribution in [1.29, 1.82) is 0 Å². The molecule has 3 aromatic rings. The maximum absolute atomic E-state index is 14.5. The maximum Gasteiger partial charge on any atom is 0.252 e. The van der Waals surface area contributed by atoms with Gasteiger partial charge in [-0.25, -0.2) is 13.8 Å². The molecule has 3 atom stereocenters. The molecule has 2 bridgehead atoms. The number of methoxy groups -OCH3 is 1. The molecule has 2 fully saturated rings. The Bertz CT molecular complexity index is 1650. The number of halogens is 3. The summed E-state index contributed by atoms with van der Waals surface area (Å²) in [5.41, 5.74) is 5.66. The highest BCUT2D eigenvalue weighted by atomic mass is 35.5. The SMILES string of the molecule is COc1nccc(CN(C(=O)C2=C(c3ccc(CCCOc4c(F)ccc(F)c4Cl)cc3)CC3C[S@@](=O)C[C@H]2N3)C2CC2)c1C. The second-order valence-corrected chi connectivity index (χ2v) is 13.8. The van der Waals surface area contributed by atoms with Gasteiger partial charge in [-0.2, -0.15) is 0 Å². The van der Waals surface area contributed by atoms with Gasteiger partial charge in [-0.15, -0.1) is 0 Å². The molecule has 1 saturated heterocycles. The number of ether oxygens (including phenoxy) is 2. The summed E-state index contributed by atoms with van der Waals surface area (Å²) in [5, 5.41) is 3.23. The molecule has 1 amide bonds. The molecule has 3 heterocycles. The van der Waals surface area contributed by atoms with Crippen molar-refractivity contribution in [2.24, 2.45) is 0 Å². The van der Waals surface area contributed by atoms with Crippen LogP contribution in [-0.4, -0.2) is 63.3 Å². The van der Waals surface area contributed by atoms with Gasteiger partial charge in [0.25, 0.3) is 5.91 Å². The average molecular weight is 656 g/mol. The number of nitrogens with one attached hydrogen (secondary N) is 1. The molecule has 45 heavy (non-hydrogen) atoms. The smallest absolute Gasteiger partial charge is 0.252 e. The molecular formula is C34H36ClF2N3O4S. The van der Waals surface area contributed by atoms with E-state index in [-0.39, 0.29) is 41.4 Å². The minimum absolute atomic E-state index is 0.0120. The van der Waals surface area contributed by atoms with E-state index in [9.17, 15) is 17.8 Å². The summed E-state index contributed by atoms with van der Waals surface area (Å²) in [5.74, 6) is -0.174. The molecular weight excluding hydrogens is 620 g/mol. The highest BCUT2D eigenvalue weighted by Gasteiger charge is 2.42. The van der Waals surface area contributed by atoms with Gasteiger partial charge in [0.05, 0.1) is 13.7 Å². The Hall–Kier alpha value is -3.34. The van der Waals surface area contributed by atoms with E-state index in [0.717, 1.165) is 52.8 Å². The van der Waals surface area contributed by atoms with Crippen LogP contribution in [0, 0.1) is 18.6 Å². The molecule has 7 nitrogen and oxygen atoms in total. The zero-order chi connectivity index (χ0) is 31.7. The van der Waals surface area contributed by atoms with Gasteiger partial charge in [-0.05, 0) is 79.5 Å². The van der Waals surface area contributed by atoms with Crippen molar-refractivity contribution in [3.05, 3.63) is 93.1 Å². The van der Waals surface area contributed by atoms with Crippen molar-refractivity contribution in [3.8, 4) is 11.6 Å². The number of fused-ring (bicyclic) bond motifs is 2. The van der Waals surface area contributed by atoms with Crippen LogP contribution in [0.1, 0.15) is 47.9 Å². The predicted molar refractivity (Wildman–Crippen MR) is 171 cm³/mol. The molecule has 11 heteroatoms. The fourth-order valence-electron chi connectivity index (χ4n) is 6.25. The molecule has 3 aliphatic rings. The molecule has 1 saturated carbocycles. The first-order chi connectivity index (χ1) is 21.7. The first kappa shape index (κ1) is 31.6. The summed E-state index contributed by atoms with van der Waals surface area (Å²) in [4.78, 5) is 20.7. The summed E-state index contributed by atoms with van der Waals surface area (Å²) in [6.45, 7) is 2.59. The van der Waals surface area contributed by atoms with Gasteiger partial charge in [-0.1, -0.05) is 35.9 Å². The minimum Gasteiger partial charge on any atom is -0.489 e. The Balaban J connectivity index is 1.22. The average Bonchev–Trinajstić information content (AvgIpc) is 3.87. The molecule has 2 aromatic carbocycles. The third-order valence-corrected chi connectivity index (χ3v) is 10.6. The number of benzene rings is 2. The lowest BCUT2D eigenvalue weighted by molar-refractivity contribution is -0.128. The number of hydrogen-bond acceptors (Lipinski definition) is 6. The Morgan fingerprint density at radius 1 is 1.11 bits per heavy atom. The molecule has 6 rings (SSSR count). The topological polar surface area (TPSA) is 80.8 Å². The Morgan fingerprint density at radius 2 is 1.87 bits per heavy atom. The predicted octanol–water partition coefficient (Wildman–Crippen LogP) is 5.78. The van der Waals surface area contributed by atoms with E-state index in [1.165, 1.54) is 0 Å². The third-order valence-electron chi connectivity index (χ3n) is 8.74. The van der Waals surface area contributed by atoms with Crippen LogP contribution in [-0.2, 0) is 28.6 Å². The number of pyridine rings is 1. The molecule has 1 N–H and O–H groups in total. The Kier molecular flexibility index (Phi) is 9.54. The van der Waals surface area contributed by atoms with E-state index in [1.54, 1.807) is 13.3 Å². The summed E-state index contributed by atoms with van der Waals surface area (Å²) in [6.07, 6.45) is 5.48. The fourth-order valence-corrected chi connectivity index (χ4v) is 7.89. The zero-order valence-electron chi connectivity index (χ0n) is 25.3. The molecule has 1 aromatic heterocycles. The van der Waals surface area contributed by atoms with Gasteiger partial charge in [-0.3, -0.25) is 9.00 Å². The highest BCUT2D eigenvalue weighted by molar-refractivity contribution is 7.85. The van der Waals surface area contributed by atoms with E-state index in [2.05, 4.69) is 10.3 Å². The van der Waals surface area contributed by atoms with Gasteiger partial charge in [0.2, 0.25) is 5.88 Å². The summed E-state index contributed by atoms with van der Waals surface area (Å²) < 4.78 is 51.4. The van der Waals surface area contributed by atoms with Crippen LogP contribution in [0.4, 0.5) is 8.78 Å². The van der Waals surface area contributed by atoms with Crippen LogP contribution in [0.5, 0.6) is 11.6 Å². The number of hydrogen-bond donors (Lipinski definition) is 1. The number of rotatable bonds is 11. The zero-order valence-corrected chi connectivity index (χ0v) is 26.9. The van der Waals surface area contributed by atoms with Crippen LogP contribution < -0.4 is 14.8 Å². The van der Waals surface area contributed by atoms with Crippen LogP contribution in [0.3, 0.4) is 0 Å². The first-order valence-corrected chi connectivity index (χ1v) is 17.1. The van der Waals surface area contributed by atoms with Crippen LogP contribution >= 0.6 is 11.6 Å². The van der Waals surface area contributed by atoms with E-state index < -0.39 is 22.4 Å². The summed E-state index contributed by atoms with van der Waals surface area (Å²) in [7, 11) is 0.598. The molecule has 0 radical (unpaired) electrons. The van der Waals surface area contributed by atoms with E-state index in [1.807, 2.05) is 42.2 Å². The Morgan fingerprint density at radius 3 is 2.60 bits per heavy atom. The van der Waals surface area contributed by atoms with Crippen molar-refractivity contribution in [1.82, 2.24) is 15.2 Å². The van der Waals surface area contributed by atoms with Gasteiger partial charge < -0.3 is 19.7 Å². The quantitative estimate of drug-likeness (QED) is 0.209. The maximum atomic E-state index is 14.5. The highest BCUT2D eigenvalue weighted by Crippen LogP contribution is 2.38. The second-order valence-electron chi connectivity index (χ2n) is 11.9. The standard InChI is InChI=1S/C34H36ClF2N3O4S/c1-20-23(13-14-38-33(20)43-2)17-40(25-9-10-25)34(41)30-26(16-24-18-45(42)19-29(30)39-24)22-7-5-21(6-8-22)4-3-15-44-32-28(37)12-11-27(36)31(32)35/h5-8,11-14,24-25,29,39H,3-4,9-10,15-19H2,1-2H3/t24?,29-,45-/m1/s1.